The summed E-state index contributed by atoms with van der Waals surface area (Å²) < 4.78 is 11.6. The van der Waals surface area contributed by atoms with Crippen molar-refractivity contribution < 1.29 is 9.47 Å². The van der Waals surface area contributed by atoms with E-state index in [-0.39, 0.29) is 18.5 Å². The fourth-order valence-corrected chi connectivity index (χ4v) is 2.35. The van der Waals surface area contributed by atoms with Crippen molar-refractivity contribution in [2.75, 3.05) is 19.7 Å². The van der Waals surface area contributed by atoms with E-state index in [1.54, 1.807) is 0 Å². The molecule has 1 unspecified atom stereocenters. The molecule has 1 fully saturated rings. The molecule has 6 heteroatoms. The Morgan fingerprint density at radius 2 is 1.90 bits per heavy atom. The van der Waals surface area contributed by atoms with Crippen LogP contribution < -0.4 is 14.8 Å². The zero-order chi connectivity index (χ0) is 13.8. The molecule has 2 aromatic rings. The van der Waals surface area contributed by atoms with Crippen molar-refractivity contribution >= 4 is 23.4 Å². The van der Waals surface area contributed by atoms with Gasteiger partial charge in [-0.05, 0) is 38.4 Å². The average Bonchev–Trinajstić information content (AvgIpc) is 2.49. The summed E-state index contributed by atoms with van der Waals surface area (Å²) in [4.78, 5) is 9.05. The smallest absolute Gasteiger partial charge is 0.279 e. The second-order valence-corrected chi connectivity index (χ2v) is 4.84. The molecule has 0 radical (unpaired) electrons. The van der Waals surface area contributed by atoms with Gasteiger partial charge in [-0.2, -0.15) is 0 Å². The van der Waals surface area contributed by atoms with Crippen LogP contribution in [0.4, 0.5) is 0 Å². The Bertz CT molecular complexity index is 588. The van der Waals surface area contributed by atoms with Crippen molar-refractivity contribution in [3.05, 3.63) is 24.3 Å². The number of benzene rings is 1. The molecule has 2 heterocycles. The molecule has 0 bridgehead atoms. The fourth-order valence-electron chi connectivity index (χ4n) is 2.35. The molecule has 0 saturated carbocycles. The van der Waals surface area contributed by atoms with Crippen LogP contribution >= 0.6 is 12.4 Å². The predicted molar refractivity (Wildman–Crippen MR) is 84.5 cm³/mol. The average molecular weight is 310 g/mol. The molecule has 0 spiro atoms. The van der Waals surface area contributed by atoms with Gasteiger partial charge in [-0.1, -0.05) is 12.1 Å². The molecule has 5 nitrogen and oxygen atoms in total. The van der Waals surface area contributed by atoms with Crippen LogP contribution in [0.5, 0.6) is 11.8 Å². The standard InChI is InChI=1S/C15H19N3O2.ClH/c1-2-19-14-15(20-11-6-5-9-16-10-11)18-13-8-4-3-7-12(13)17-14;/h3-4,7-8,11,16H,2,5-6,9-10H2,1H3;1H. The third-order valence-corrected chi connectivity index (χ3v) is 3.32. The van der Waals surface area contributed by atoms with Gasteiger partial charge in [-0.3, -0.25) is 0 Å². The van der Waals surface area contributed by atoms with Gasteiger partial charge in [-0.15, -0.1) is 12.4 Å². The minimum Gasteiger partial charge on any atom is -0.474 e. The van der Waals surface area contributed by atoms with Gasteiger partial charge in [0, 0.05) is 6.54 Å². The minimum absolute atomic E-state index is 0. The van der Waals surface area contributed by atoms with Gasteiger partial charge in [0.1, 0.15) is 6.10 Å². The quantitative estimate of drug-likeness (QED) is 0.940. The number of para-hydroxylation sites is 2. The SMILES string of the molecule is CCOc1nc2ccccc2nc1OC1CCCNC1.Cl. The van der Waals surface area contributed by atoms with Crippen LogP contribution in [0.1, 0.15) is 19.8 Å². The Hall–Kier alpha value is -1.59. The molecule has 1 atom stereocenters. The van der Waals surface area contributed by atoms with Gasteiger partial charge >= 0.3 is 0 Å². The molecule has 1 aliphatic heterocycles. The zero-order valence-electron chi connectivity index (χ0n) is 12.0. The lowest BCUT2D eigenvalue weighted by molar-refractivity contribution is 0.151. The van der Waals surface area contributed by atoms with E-state index in [9.17, 15) is 0 Å². The number of aromatic nitrogens is 2. The number of hydrogen-bond donors (Lipinski definition) is 1. The fraction of sp³-hybridized carbons (Fsp3) is 0.467. The molecule has 1 aromatic heterocycles. The molecule has 114 valence electrons. The lowest BCUT2D eigenvalue weighted by Crippen LogP contribution is -2.37. The van der Waals surface area contributed by atoms with E-state index < -0.39 is 0 Å². The van der Waals surface area contributed by atoms with E-state index in [4.69, 9.17) is 9.47 Å². The maximum atomic E-state index is 5.99. The molecule has 1 N–H and O–H groups in total. The number of hydrogen-bond acceptors (Lipinski definition) is 5. The molecule has 0 aliphatic carbocycles. The lowest BCUT2D eigenvalue weighted by Gasteiger charge is -2.24. The summed E-state index contributed by atoms with van der Waals surface area (Å²) in [5.74, 6) is 0.982. The number of halogens is 1. The first-order chi connectivity index (χ1) is 9.86. The second kappa shape index (κ2) is 7.43. The molecule has 0 amide bonds. The zero-order valence-corrected chi connectivity index (χ0v) is 12.9. The van der Waals surface area contributed by atoms with Crippen molar-refractivity contribution in [3.63, 3.8) is 0 Å². The van der Waals surface area contributed by atoms with Crippen molar-refractivity contribution in [1.82, 2.24) is 15.3 Å². The lowest BCUT2D eigenvalue weighted by atomic mass is 10.1. The summed E-state index contributed by atoms with van der Waals surface area (Å²) in [7, 11) is 0. The Kier molecular flexibility index (Phi) is 5.59. The Morgan fingerprint density at radius 3 is 2.52 bits per heavy atom. The molecule has 1 aromatic carbocycles. The minimum atomic E-state index is 0. The summed E-state index contributed by atoms with van der Waals surface area (Å²) in [6, 6.07) is 7.75. The van der Waals surface area contributed by atoms with Gasteiger partial charge in [0.2, 0.25) is 0 Å². The van der Waals surface area contributed by atoms with Crippen molar-refractivity contribution in [2.45, 2.75) is 25.9 Å². The van der Waals surface area contributed by atoms with Gasteiger partial charge < -0.3 is 14.8 Å². The highest BCUT2D eigenvalue weighted by Crippen LogP contribution is 2.27. The Morgan fingerprint density at radius 1 is 1.19 bits per heavy atom. The van der Waals surface area contributed by atoms with Gasteiger partial charge in [-0.25, -0.2) is 9.97 Å². The topological polar surface area (TPSA) is 56.3 Å². The van der Waals surface area contributed by atoms with Crippen molar-refractivity contribution in [3.8, 4) is 11.8 Å². The van der Waals surface area contributed by atoms with Crippen LogP contribution in [0.2, 0.25) is 0 Å². The highest BCUT2D eigenvalue weighted by molar-refractivity contribution is 5.85. The van der Waals surface area contributed by atoms with Crippen LogP contribution in [0.25, 0.3) is 11.0 Å². The second-order valence-electron chi connectivity index (χ2n) is 4.84. The summed E-state index contributed by atoms with van der Waals surface area (Å²) in [6.45, 7) is 4.39. The third kappa shape index (κ3) is 3.74. The summed E-state index contributed by atoms with van der Waals surface area (Å²) in [5.41, 5.74) is 1.65. The number of fused-ring (bicyclic) bond motifs is 1. The number of nitrogens with one attached hydrogen (secondary N) is 1. The van der Waals surface area contributed by atoms with E-state index in [1.165, 1.54) is 0 Å². The molecular weight excluding hydrogens is 290 g/mol. The van der Waals surface area contributed by atoms with Crippen LogP contribution in [-0.4, -0.2) is 35.8 Å². The Balaban J connectivity index is 0.00000161. The van der Waals surface area contributed by atoms with E-state index in [1.807, 2.05) is 31.2 Å². The van der Waals surface area contributed by atoms with Crippen LogP contribution in [-0.2, 0) is 0 Å². The summed E-state index contributed by atoms with van der Waals surface area (Å²) >= 11 is 0. The number of ether oxygens (including phenoxy) is 2. The third-order valence-electron chi connectivity index (χ3n) is 3.32. The summed E-state index contributed by atoms with van der Waals surface area (Å²) in [6.07, 6.45) is 2.29. The largest absolute Gasteiger partial charge is 0.474 e. The first-order valence-corrected chi connectivity index (χ1v) is 7.14. The molecule has 1 aliphatic rings. The number of piperidine rings is 1. The van der Waals surface area contributed by atoms with E-state index in [0.29, 0.717) is 18.4 Å². The van der Waals surface area contributed by atoms with Crippen molar-refractivity contribution in [2.24, 2.45) is 0 Å². The number of nitrogens with zero attached hydrogens (tertiary/aromatic N) is 2. The van der Waals surface area contributed by atoms with E-state index in [0.717, 1.165) is 37.0 Å². The predicted octanol–water partition coefficient (Wildman–Crippen LogP) is 2.58. The molecular formula is C15H20ClN3O2. The molecule has 21 heavy (non-hydrogen) atoms. The van der Waals surface area contributed by atoms with Crippen LogP contribution in [0.15, 0.2) is 24.3 Å². The highest BCUT2D eigenvalue weighted by atomic mass is 35.5. The van der Waals surface area contributed by atoms with Crippen molar-refractivity contribution in [1.29, 1.82) is 0 Å². The summed E-state index contributed by atoms with van der Waals surface area (Å²) in [5, 5.41) is 3.33. The highest BCUT2D eigenvalue weighted by Gasteiger charge is 2.19. The molecule has 3 rings (SSSR count). The van der Waals surface area contributed by atoms with Gasteiger partial charge in [0.15, 0.2) is 0 Å². The van der Waals surface area contributed by atoms with Gasteiger partial charge in [0.25, 0.3) is 11.8 Å². The van der Waals surface area contributed by atoms with Gasteiger partial charge in [0.05, 0.1) is 17.6 Å². The maximum absolute atomic E-state index is 5.99. The van der Waals surface area contributed by atoms with E-state index in [2.05, 4.69) is 15.3 Å². The normalized spacial score (nSPS) is 18.0. The monoisotopic (exact) mass is 309 g/mol. The first kappa shape index (κ1) is 15.8. The number of rotatable bonds is 4. The Labute approximate surface area is 130 Å². The molecule has 1 saturated heterocycles. The maximum Gasteiger partial charge on any atom is 0.279 e. The van der Waals surface area contributed by atoms with E-state index >= 15 is 0 Å². The van der Waals surface area contributed by atoms with Crippen LogP contribution in [0, 0.1) is 0 Å². The first-order valence-electron chi connectivity index (χ1n) is 7.14. The van der Waals surface area contributed by atoms with Crippen LogP contribution in [0.3, 0.4) is 0 Å².